The van der Waals surface area contributed by atoms with Crippen molar-refractivity contribution < 1.29 is 18.0 Å². The Morgan fingerprint density at radius 1 is 1.24 bits per heavy atom. The van der Waals surface area contributed by atoms with Crippen molar-refractivity contribution in [3.05, 3.63) is 44.6 Å². The second kappa shape index (κ2) is 10.8. The predicted molar refractivity (Wildman–Crippen MR) is 128 cm³/mol. The molecule has 1 aromatic carbocycles. The summed E-state index contributed by atoms with van der Waals surface area (Å²) in [5.41, 5.74) is 5.65. The molecule has 4 nitrogen and oxygen atoms in total. The van der Waals surface area contributed by atoms with Crippen molar-refractivity contribution in [1.82, 2.24) is 4.90 Å². The van der Waals surface area contributed by atoms with E-state index >= 15 is 0 Å². The molecule has 2 aliphatic rings. The number of aryl methyl sites for hydroxylation is 1. The SMILES string of the molecule is CCN(CC/C(C=N)=C(/N)C(F)(F)F)C1CC2[C@@H](C1)C2(C)C.Cc1cc(Cl)c(C=O)c(Cl)c1. The van der Waals surface area contributed by atoms with Gasteiger partial charge in [0.1, 0.15) is 5.70 Å². The largest absolute Gasteiger partial charge is 0.431 e. The normalized spacial score (nSPS) is 23.9. The summed E-state index contributed by atoms with van der Waals surface area (Å²) in [5, 5.41) is 8.01. The second-order valence-electron chi connectivity index (χ2n) is 9.38. The molecule has 3 rings (SSSR count). The van der Waals surface area contributed by atoms with Crippen molar-refractivity contribution in [3.63, 3.8) is 0 Å². The summed E-state index contributed by atoms with van der Waals surface area (Å²) in [6, 6.07) is 3.88. The molecular formula is C24H32Cl2F3N3O. The summed E-state index contributed by atoms with van der Waals surface area (Å²) in [6.07, 6.45) is -0.690. The lowest BCUT2D eigenvalue weighted by atomic mass is 9.96. The van der Waals surface area contributed by atoms with Crippen LogP contribution in [0.25, 0.3) is 0 Å². The van der Waals surface area contributed by atoms with Crippen molar-refractivity contribution in [2.75, 3.05) is 13.1 Å². The lowest BCUT2D eigenvalue weighted by Crippen LogP contribution is -2.36. The maximum Gasteiger partial charge on any atom is 0.431 e. The molecule has 0 aromatic heterocycles. The molecule has 9 heteroatoms. The van der Waals surface area contributed by atoms with E-state index in [0.29, 0.717) is 39.9 Å². The van der Waals surface area contributed by atoms with Crippen molar-refractivity contribution in [2.24, 2.45) is 23.0 Å². The highest BCUT2D eigenvalue weighted by molar-refractivity contribution is 6.38. The van der Waals surface area contributed by atoms with Gasteiger partial charge in [-0.3, -0.25) is 4.79 Å². The van der Waals surface area contributed by atoms with Crippen LogP contribution >= 0.6 is 23.2 Å². The first-order valence-electron chi connectivity index (χ1n) is 11.0. The van der Waals surface area contributed by atoms with Crippen LogP contribution in [0.5, 0.6) is 0 Å². The van der Waals surface area contributed by atoms with E-state index < -0.39 is 11.9 Å². The van der Waals surface area contributed by atoms with Crippen LogP contribution in [0.15, 0.2) is 23.4 Å². The molecule has 0 saturated heterocycles. The molecular weight excluding hydrogens is 474 g/mol. The van der Waals surface area contributed by atoms with Gasteiger partial charge in [-0.25, -0.2) is 0 Å². The number of fused-ring (bicyclic) bond motifs is 1. The standard InChI is InChI=1S/C16H26F3N3.C8H6Cl2O/c1-4-22(11-7-12-13(8-11)15(12,2)3)6-5-10(9-20)14(21)16(17,18)19;1-5-2-7(9)6(4-11)8(10)3-5/h9,11-13,20H,4-8,21H2,1-3H3;2-4H,1H3/b14-10-,20-9?;/t11?,12-,13?;/m1./s1. The Bertz CT molecular complexity index is 878. The average molecular weight is 506 g/mol. The Morgan fingerprint density at radius 2 is 1.76 bits per heavy atom. The number of nitrogens with zero attached hydrogens (tertiary/aromatic N) is 1. The number of carbonyl (C=O) groups is 1. The van der Waals surface area contributed by atoms with E-state index in [1.54, 1.807) is 12.1 Å². The highest BCUT2D eigenvalue weighted by atomic mass is 35.5. The summed E-state index contributed by atoms with van der Waals surface area (Å²) in [6.45, 7) is 9.86. The molecule has 0 heterocycles. The van der Waals surface area contributed by atoms with Gasteiger partial charge in [0.2, 0.25) is 0 Å². The van der Waals surface area contributed by atoms with Crippen LogP contribution < -0.4 is 5.73 Å². The van der Waals surface area contributed by atoms with Gasteiger partial charge in [-0.05, 0) is 73.3 Å². The van der Waals surface area contributed by atoms with Crippen LogP contribution in [-0.2, 0) is 0 Å². The van der Waals surface area contributed by atoms with Gasteiger partial charge in [-0.15, -0.1) is 0 Å². The fourth-order valence-electron chi connectivity index (χ4n) is 4.93. The molecule has 2 aliphatic carbocycles. The fraction of sp³-hybridized carbons (Fsp3) is 0.583. The summed E-state index contributed by atoms with van der Waals surface area (Å²) in [5.74, 6) is 1.54. The van der Waals surface area contributed by atoms with Crippen LogP contribution in [-0.4, -0.2) is 42.7 Å². The minimum atomic E-state index is -4.55. The molecule has 0 bridgehead atoms. The summed E-state index contributed by atoms with van der Waals surface area (Å²) >= 11 is 11.4. The topological polar surface area (TPSA) is 70.2 Å². The van der Waals surface area contributed by atoms with E-state index in [1.807, 2.05) is 13.8 Å². The smallest absolute Gasteiger partial charge is 0.394 e. The Kier molecular flexibility index (Phi) is 9.05. The molecule has 2 saturated carbocycles. The third-order valence-corrected chi connectivity index (χ3v) is 7.72. The monoisotopic (exact) mass is 505 g/mol. The first-order valence-corrected chi connectivity index (χ1v) is 11.7. The number of aldehydes is 1. The second-order valence-corrected chi connectivity index (χ2v) is 10.2. The number of benzene rings is 1. The Hall–Kier alpha value is -1.57. The van der Waals surface area contributed by atoms with Gasteiger partial charge in [0.15, 0.2) is 6.29 Å². The van der Waals surface area contributed by atoms with E-state index in [0.717, 1.165) is 43.0 Å². The van der Waals surface area contributed by atoms with E-state index in [-0.39, 0.29) is 12.0 Å². The molecule has 3 atom stereocenters. The Morgan fingerprint density at radius 3 is 2.15 bits per heavy atom. The van der Waals surface area contributed by atoms with Crippen LogP contribution in [0.1, 0.15) is 56.0 Å². The van der Waals surface area contributed by atoms with Gasteiger partial charge >= 0.3 is 6.18 Å². The molecule has 0 radical (unpaired) electrons. The zero-order valence-electron chi connectivity index (χ0n) is 19.4. The molecule has 2 fully saturated rings. The Labute approximate surface area is 203 Å². The number of carbonyl (C=O) groups excluding carboxylic acids is 1. The van der Waals surface area contributed by atoms with Crippen LogP contribution in [0.2, 0.25) is 10.0 Å². The highest BCUT2D eigenvalue weighted by Gasteiger charge is 2.62. The molecule has 184 valence electrons. The molecule has 0 amide bonds. The lowest BCUT2D eigenvalue weighted by molar-refractivity contribution is -0.0933. The van der Waals surface area contributed by atoms with Crippen molar-refractivity contribution in [1.29, 1.82) is 5.41 Å². The van der Waals surface area contributed by atoms with E-state index in [2.05, 4.69) is 18.7 Å². The molecule has 2 unspecified atom stereocenters. The Balaban J connectivity index is 0.000000294. The molecule has 1 aromatic rings. The highest BCUT2D eigenvalue weighted by Crippen LogP contribution is 2.67. The number of halogens is 5. The van der Waals surface area contributed by atoms with Crippen molar-refractivity contribution >= 4 is 35.7 Å². The maximum absolute atomic E-state index is 12.6. The molecule has 33 heavy (non-hydrogen) atoms. The average Bonchev–Trinajstić information content (AvgIpc) is 3.05. The summed E-state index contributed by atoms with van der Waals surface area (Å²) in [4.78, 5) is 12.6. The van der Waals surface area contributed by atoms with Crippen LogP contribution in [0, 0.1) is 29.6 Å². The number of hydrogen-bond acceptors (Lipinski definition) is 4. The van der Waals surface area contributed by atoms with Gasteiger partial charge in [-0.2, -0.15) is 13.2 Å². The number of nitrogens with two attached hydrogens (primary N) is 1. The summed E-state index contributed by atoms with van der Waals surface area (Å²) in [7, 11) is 0. The molecule has 0 spiro atoms. The van der Waals surface area contributed by atoms with Gasteiger partial charge in [0.05, 0.1) is 15.6 Å². The zero-order valence-corrected chi connectivity index (χ0v) is 20.9. The minimum absolute atomic E-state index is 0.116. The predicted octanol–water partition coefficient (Wildman–Crippen LogP) is 6.67. The quantitative estimate of drug-likeness (QED) is 0.321. The van der Waals surface area contributed by atoms with Crippen molar-refractivity contribution in [3.8, 4) is 0 Å². The fourth-order valence-corrected chi connectivity index (χ4v) is 5.61. The van der Waals surface area contributed by atoms with Gasteiger partial charge in [0, 0.05) is 18.8 Å². The number of hydrogen-bond donors (Lipinski definition) is 2. The third kappa shape index (κ3) is 6.52. The number of allylic oxidation sites excluding steroid dienone is 1. The van der Waals surface area contributed by atoms with Crippen LogP contribution in [0.4, 0.5) is 13.2 Å². The maximum atomic E-state index is 12.6. The number of nitrogens with one attached hydrogen (secondary N) is 1. The molecule has 3 N–H and O–H groups in total. The summed E-state index contributed by atoms with van der Waals surface area (Å²) < 4.78 is 37.9. The number of alkyl halides is 3. The first-order chi connectivity index (χ1) is 15.3. The van der Waals surface area contributed by atoms with Gasteiger partial charge < -0.3 is 16.0 Å². The number of rotatable bonds is 7. The van der Waals surface area contributed by atoms with E-state index in [9.17, 15) is 18.0 Å². The van der Waals surface area contributed by atoms with Crippen molar-refractivity contribution in [2.45, 2.75) is 59.2 Å². The molecule has 0 aliphatic heterocycles. The minimum Gasteiger partial charge on any atom is -0.394 e. The third-order valence-electron chi connectivity index (χ3n) is 7.10. The van der Waals surface area contributed by atoms with Crippen LogP contribution in [0.3, 0.4) is 0 Å². The van der Waals surface area contributed by atoms with Gasteiger partial charge in [0.25, 0.3) is 0 Å². The lowest BCUT2D eigenvalue weighted by Gasteiger charge is -2.30. The van der Waals surface area contributed by atoms with E-state index in [4.69, 9.17) is 34.3 Å². The van der Waals surface area contributed by atoms with Gasteiger partial charge in [-0.1, -0.05) is 44.0 Å². The first kappa shape index (κ1) is 27.7. The zero-order chi connectivity index (χ0) is 25.1. The van der Waals surface area contributed by atoms with E-state index in [1.165, 1.54) is 0 Å².